The topological polar surface area (TPSA) is 71.3 Å². The highest BCUT2D eigenvalue weighted by Gasteiger charge is 2.34. The van der Waals surface area contributed by atoms with Crippen molar-refractivity contribution in [2.24, 2.45) is 0 Å². The molecule has 1 atom stereocenters. The minimum absolute atomic E-state index is 0.200. The monoisotopic (exact) mass is 366 g/mol. The maximum absolute atomic E-state index is 13.4. The van der Waals surface area contributed by atoms with Crippen LogP contribution >= 0.6 is 0 Å². The summed E-state index contributed by atoms with van der Waals surface area (Å²) in [6.07, 6.45) is 1.59. The van der Waals surface area contributed by atoms with E-state index in [0.717, 1.165) is 24.1 Å². The van der Waals surface area contributed by atoms with Crippen LogP contribution in [0.25, 0.3) is 11.4 Å². The van der Waals surface area contributed by atoms with Crippen LogP contribution in [0.3, 0.4) is 0 Å². The molecule has 2 heterocycles. The van der Waals surface area contributed by atoms with Gasteiger partial charge < -0.3 is 14.7 Å². The largest absolute Gasteiger partial charge is 0.337 e. The average molecular weight is 366 g/mol. The second-order valence-electron chi connectivity index (χ2n) is 6.62. The first kappa shape index (κ1) is 17.2. The van der Waals surface area contributed by atoms with Gasteiger partial charge in [0.15, 0.2) is 0 Å². The molecule has 3 aromatic rings. The fourth-order valence-corrected chi connectivity index (χ4v) is 3.30. The lowest BCUT2D eigenvalue weighted by Crippen LogP contribution is -2.34. The molecule has 0 bridgehead atoms. The highest BCUT2D eigenvalue weighted by molar-refractivity contribution is 5.89. The lowest BCUT2D eigenvalue weighted by atomic mass is 10.2. The molecule has 0 radical (unpaired) electrons. The van der Waals surface area contributed by atoms with E-state index in [9.17, 15) is 9.18 Å². The number of halogens is 1. The summed E-state index contributed by atoms with van der Waals surface area (Å²) in [4.78, 5) is 18.8. The van der Waals surface area contributed by atoms with E-state index in [1.807, 2.05) is 31.2 Å². The number of nitrogens with one attached hydrogen (secondary N) is 1. The Morgan fingerprint density at radius 2 is 2.11 bits per heavy atom. The van der Waals surface area contributed by atoms with Crippen LogP contribution in [0.5, 0.6) is 0 Å². The molecule has 0 saturated carbocycles. The van der Waals surface area contributed by atoms with E-state index in [1.54, 1.807) is 17.0 Å². The van der Waals surface area contributed by atoms with Gasteiger partial charge in [0.05, 0.1) is 0 Å². The Balaban J connectivity index is 1.52. The molecule has 1 fully saturated rings. The number of hydrogen-bond acceptors (Lipinski definition) is 4. The molecule has 1 aromatic heterocycles. The molecule has 2 aromatic carbocycles. The summed E-state index contributed by atoms with van der Waals surface area (Å²) in [5.41, 5.74) is 2.36. The Morgan fingerprint density at radius 1 is 1.26 bits per heavy atom. The van der Waals surface area contributed by atoms with Gasteiger partial charge in [-0.3, -0.25) is 0 Å². The minimum atomic E-state index is -0.362. The molecule has 7 heteroatoms. The Bertz CT molecular complexity index is 972. The van der Waals surface area contributed by atoms with Crippen LogP contribution in [0.15, 0.2) is 53.1 Å². The Morgan fingerprint density at radius 3 is 2.93 bits per heavy atom. The van der Waals surface area contributed by atoms with E-state index in [0.29, 0.717) is 23.8 Å². The van der Waals surface area contributed by atoms with Crippen molar-refractivity contribution >= 4 is 11.7 Å². The summed E-state index contributed by atoms with van der Waals surface area (Å²) in [6, 6.07) is 13.2. The van der Waals surface area contributed by atoms with Gasteiger partial charge >= 0.3 is 6.03 Å². The molecule has 6 nitrogen and oxygen atoms in total. The summed E-state index contributed by atoms with van der Waals surface area (Å²) in [5.74, 6) is 0.320. The lowest BCUT2D eigenvalue weighted by molar-refractivity contribution is 0.193. The van der Waals surface area contributed by atoms with Crippen LogP contribution in [-0.4, -0.2) is 27.6 Å². The van der Waals surface area contributed by atoms with Gasteiger partial charge in [-0.1, -0.05) is 29.4 Å². The SMILES string of the molecule is Cc1cccc(NC(=O)N2CCCC2c2nc(-c3cccc(F)c3)no2)c1. The van der Waals surface area contributed by atoms with Gasteiger partial charge in [0, 0.05) is 17.8 Å². The highest BCUT2D eigenvalue weighted by atomic mass is 19.1. The van der Waals surface area contributed by atoms with Gasteiger partial charge in [-0.25, -0.2) is 9.18 Å². The predicted octanol–water partition coefficient (Wildman–Crippen LogP) is 4.55. The zero-order chi connectivity index (χ0) is 18.8. The fourth-order valence-electron chi connectivity index (χ4n) is 3.30. The van der Waals surface area contributed by atoms with Gasteiger partial charge in [-0.15, -0.1) is 0 Å². The minimum Gasteiger partial charge on any atom is -0.337 e. The highest BCUT2D eigenvalue weighted by Crippen LogP contribution is 2.32. The van der Waals surface area contributed by atoms with Gasteiger partial charge in [0.2, 0.25) is 11.7 Å². The average Bonchev–Trinajstić information content (AvgIpc) is 3.31. The number of likely N-dealkylation sites (tertiary alicyclic amines) is 1. The maximum Gasteiger partial charge on any atom is 0.322 e. The number of carbonyl (C=O) groups excluding carboxylic acids is 1. The van der Waals surface area contributed by atoms with Gasteiger partial charge in [-0.2, -0.15) is 4.98 Å². The van der Waals surface area contributed by atoms with E-state index in [4.69, 9.17) is 4.52 Å². The first-order valence-electron chi connectivity index (χ1n) is 8.84. The van der Waals surface area contributed by atoms with Crippen LogP contribution in [-0.2, 0) is 0 Å². The summed E-state index contributed by atoms with van der Waals surface area (Å²) in [7, 11) is 0. The normalized spacial score (nSPS) is 16.5. The number of anilines is 1. The standard InChI is InChI=1S/C20H19FN4O2/c1-13-5-2-8-16(11-13)22-20(26)25-10-4-9-17(25)19-23-18(24-27-19)14-6-3-7-15(21)12-14/h2-3,5-8,11-12,17H,4,9-10H2,1H3,(H,22,26). The van der Waals surface area contributed by atoms with Gasteiger partial charge in [-0.05, 0) is 49.6 Å². The number of aryl methyl sites for hydroxylation is 1. The summed E-state index contributed by atoms with van der Waals surface area (Å²) in [6.45, 7) is 2.58. The smallest absolute Gasteiger partial charge is 0.322 e. The molecule has 2 amide bonds. The Hall–Kier alpha value is -3.22. The number of hydrogen-bond donors (Lipinski definition) is 1. The molecule has 1 saturated heterocycles. The van der Waals surface area contributed by atoms with Crippen LogP contribution in [0.2, 0.25) is 0 Å². The molecular formula is C20H19FN4O2. The van der Waals surface area contributed by atoms with Crippen molar-refractivity contribution in [1.29, 1.82) is 0 Å². The van der Waals surface area contributed by atoms with Crippen LogP contribution < -0.4 is 5.32 Å². The van der Waals surface area contributed by atoms with E-state index in [1.165, 1.54) is 12.1 Å². The molecular weight excluding hydrogens is 347 g/mol. The third kappa shape index (κ3) is 3.67. The van der Waals surface area contributed by atoms with E-state index in [2.05, 4.69) is 15.5 Å². The van der Waals surface area contributed by atoms with Crippen molar-refractivity contribution in [2.75, 3.05) is 11.9 Å². The predicted molar refractivity (Wildman–Crippen MR) is 98.6 cm³/mol. The zero-order valence-corrected chi connectivity index (χ0v) is 14.9. The summed E-state index contributed by atoms with van der Waals surface area (Å²) in [5, 5.41) is 6.87. The molecule has 4 rings (SSSR count). The van der Waals surface area contributed by atoms with Crippen molar-refractivity contribution in [3.63, 3.8) is 0 Å². The molecule has 1 aliphatic heterocycles. The quantitative estimate of drug-likeness (QED) is 0.738. The Kier molecular flexibility index (Phi) is 4.58. The number of urea groups is 1. The summed E-state index contributed by atoms with van der Waals surface area (Å²) >= 11 is 0. The number of carbonyl (C=O) groups is 1. The fraction of sp³-hybridized carbons (Fsp3) is 0.250. The maximum atomic E-state index is 13.4. The van der Waals surface area contributed by atoms with E-state index >= 15 is 0 Å². The van der Waals surface area contributed by atoms with Gasteiger partial charge in [0.1, 0.15) is 11.9 Å². The summed E-state index contributed by atoms with van der Waals surface area (Å²) < 4.78 is 18.8. The first-order valence-corrected chi connectivity index (χ1v) is 8.84. The van der Waals surface area contributed by atoms with E-state index in [-0.39, 0.29) is 17.9 Å². The van der Waals surface area contributed by atoms with Crippen molar-refractivity contribution in [2.45, 2.75) is 25.8 Å². The second kappa shape index (κ2) is 7.19. The van der Waals surface area contributed by atoms with Crippen molar-refractivity contribution in [3.05, 3.63) is 65.8 Å². The lowest BCUT2D eigenvalue weighted by Gasteiger charge is -2.22. The number of benzene rings is 2. The number of aromatic nitrogens is 2. The molecule has 0 spiro atoms. The first-order chi connectivity index (χ1) is 13.1. The van der Waals surface area contributed by atoms with Crippen molar-refractivity contribution < 1.29 is 13.7 Å². The molecule has 1 N–H and O–H groups in total. The number of amides is 2. The molecule has 1 unspecified atom stereocenters. The molecule has 27 heavy (non-hydrogen) atoms. The number of rotatable bonds is 3. The third-order valence-corrected chi connectivity index (χ3v) is 4.59. The third-order valence-electron chi connectivity index (χ3n) is 4.59. The second-order valence-corrected chi connectivity index (χ2v) is 6.62. The molecule has 138 valence electrons. The molecule has 0 aliphatic carbocycles. The number of nitrogens with zero attached hydrogens (tertiary/aromatic N) is 3. The van der Waals surface area contributed by atoms with Crippen LogP contribution in [0.1, 0.15) is 30.3 Å². The molecule has 1 aliphatic rings. The van der Waals surface area contributed by atoms with Gasteiger partial charge in [0.25, 0.3) is 0 Å². The van der Waals surface area contributed by atoms with E-state index < -0.39 is 0 Å². The van der Waals surface area contributed by atoms with Crippen molar-refractivity contribution in [1.82, 2.24) is 15.0 Å². The zero-order valence-electron chi connectivity index (χ0n) is 14.9. The Labute approximate surface area is 156 Å². The van der Waals surface area contributed by atoms with Crippen molar-refractivity contribution in [3.8, 4) is 11.4 Å². The van der Waals surface area contributed by atoms with Crippen LogP contribution in [0.4, 0.5) is 14.9 Å². The van der Waals surface area contributed by atoms with Crippen LogP contribution in [0, 0.1) is 12.7 Å².